The molecule has 0 aliphatic heterocycles. The summed E-state index contributed by atoms with van der Waals surface area (Å²) in [4.78, 5) is 10.5. The predicted octanol–water partition coefficient (Wildman–Crippen LogP) is 2.68. The Morgan fingerprint density at radius 1 is 0.941 bits per heavy atom. The van der Waals surface area contributed by atoms with Crippen LogP contribution in [0.5, 0.6) is 11.5 Å². The molecule has 3 heteroatoms. The van der Waals surface area contributed by atoms with Gasteiger partial charge in [0.2, 0.25) is 0 Å². The Balaban J connectivity index is 2.11. The van der Waals surface area contributed by atoms with Crippen LogP contribution < -0.4 is 10.5 Å². The van der Waals surface area contributed by atoms with Crippen molar-refractivity contribution in [3.8, 4) is 11.5 Å². The largest absolute Gasteiger partial charge is 0.457 e. The number of ether oxygens (including phenoxy) is 1. The lowest BCUT2D eigenvalue weighted by Gasteiger charge is -2.07. The molecule has 17 heavy (non-hydrogen) atoms. The van der Waals surface area contributed by atoms with E-state index in [9.17, 15) is 4.79 Å². The van der Waals surface area contributed by atoms with Crippen LogP contribution in [0.3, 0.4) is 0 Å². The Hall–Kier alpha value is -2.13. The van der Waals surface area contributed by atoms with Gasteiger partial charge in [-0.2, -0.15) is 0 Å². The van der Waals surface area contributed by atoms with Crippen molar-refractivity contribution >= 4 is 6.29 Å². The van der Waals surface area contributed by atoms with Gasteiger partial charge in [-0.15, -0.1) is 0 Å². The van der Waals surface area contributed by atoms with Crippen LogP contribution in [0.2, 0.25) is 0 Å². The maximum absolute atomic E-state index is 10.5. The minimum Gasteiger partial charge on any atom is -0.457 e. The van der Waals surface area contributed by atoms with Crippen molar-refractivity contribution < 1.29 is 9.53 Å². The summed E-state index contributed by atoms with van der Waals surface area (Å²) in [5, 5.41) is 0. The molecule has 2 N–H and O–H groups in total. The number of aldehydes is 1. The molecule has 2 aromatic rings. The van der Waals surface area contributed by atoms with Gasteiger partial charge in [0.15, 0.2) is 0 Å². The third-order valence-electron chi connectivity index (χ3n) is 2.39. The normalized spacial score (nSPS) is 11.8. The van der Waals surface area contributed by atoms with Gasteiger partial charge < -0.3 is 15.3 Å². The zero-order chi connectivity index (χ0) is 12.1. The van der Waals surface area contributed by atoms with E-state index in [1.807, 2.05) is 30.3 Å². The van der Waals surface area contributed by atoms with Crippen LogP contribution in [0.4, 0.5) is 0 Å². The summed E-state index contributed by atoms with van der Waals surface area (Å²) in [6, 6.07) is 16.1. The van der Waals surface area contributed by atoms with Gasteiger partial charge in [0.05, 0.1) is 6.04 Å². The summed E-state index contributed by atoms with van der Waals surface area (Å²) in [5.41, 5.74) is 6.37. The predicted molar refractivity (Wildman–Crippen MR) is 66.0 cm³/mol. The number of hydrogen-bond acceptors (Lipinski definition) is 3. The summed E-state index contributed by atoms with van der Waals surface area (Å²) in [6.07, 6.45) is 0.715. The van der Waals surface area contributed by atoms with Gasteiger partial charge in [0.1, 0.15) is 17.8 Å². The van der Waals surface area contributed by atoms with Crippen molar-refractivity contribution in [1.29, 1.82) is 0 Å². The fraction of sp³-hybridized carbons (Fsp3) is 0.0714. The van der Waals surface area contributed by atoms with Gasteiger partial charge in [-0.3, -0.25) is 0 Å². The van der Waals surface area contributed by atoms with E-state index in [-0.39, 0.29) is 0 Å². The fourth-order valence-corrected chi connectivity index (χ4v) is 1.46. The standard InChI is InChI=1S/C14H13NO2/c15-14(10-16)11-6-8-13(9-7-11)17-12-4-2-1-3-5-12/h1-10,14H,15H2. The SMILES string of the molecule is NC(C=O)c1ccc(Oc2ccccc2)cc1. The minimum absolute atomic E-state index is 0.569. The van der Waals surface area contributed by atoms with Crippen LogP contribution in [-0.2, 0) is 4.79 Å². The van der Waals surface area contributed by atoms with Crippen molar-refractivity contribution in [3.63, 3.8) is 0 Å². The lowest BCUT2D eigenvalue weighted by atomic mass is 10.1. The summed E-state index contributed by atoms with van der Waals surface area (Å²) >= 11 is 0. The molecule has 86 valence electrons. The Morgan fingerprint density at radius 3 is 2.12 bits per heavy atom. The summed E-state index contributed by atoms with van der Waals surface area (Å²) in [5.74, 6) is 1.50. The lowest BCUT2D eigenvalue weighted by Crippen LogP contribution is -2.10. The highest BCUT2D eigenvalue weighted by atomic mass is 16.5. The topological polar surface area (TPSA) is 52.3 Å². The minimum atomic E-state index is -0.569. The summed E-state index contributed by atoms with van der Waals surface area (Å²) < 4.78 is 5.62. The van der Waals surface area contributed by atoms with Crippen molar-refractivity contribution in [2.24, 2.45) is 5.73 Å². The van der Waals surface area contributed by atoms with Crippen molar-refractivity contribution in [3.05, 3.63) is 60.2 Å². The monoisotopic (exact) mass is 227 g/mol. The highest BCUT2D eigenvalue weighted by Crippen LogP contribution is 2.22. The summed E-state index contributed by atoms with van der Waals surface area (Å²) in [7, 11) is 0. The van der Waals surface area contributed by atoms with E-state index in [4.69, 9.17) is 10.5 Å². The maximum Gasteiger partial charge on any atom is 0.141 e. The number of para-hydroxylation sites is 1. The second kappa shape index (κ2) is 5.27. The van der Waals surface area contributed by atoms with Gasteiger partial charge in [-0.25, -0.2) is 0 Å². The highest BCUT2D eigenvalue weighted by Gasteiger charge is 2.03. The maximum atomic E-state index is 10.5. The first-order chi connectivity index (χ1) is 8.29. The van der Waals surface area contributed by atoms with E-state index in [1.165, 1.54) is 0 Å². The van der Waals surface area contributed by atoms with Crippen LogP contribution in [-0.4, -0.2) is 6.29 Å². The van der Waals surface area contributed by atoms with E-state index >= 15 is 0 Å². The number of benzene rings is 2. The fourth-order valence-electron chi connectivity index (χ4n) is 1.46. The van der Waals surface area contributed by atoms with Crippen LogP contribution in [0.1, 0.15) is 11.6 Å². The van der Waals surface area contributed by atoms with Crippen LogP contribution >= 0.6 is 0 Å². The van der Waals surface area contributed by atoms with Crippen LogP contribution in [0.15, 0.2) is 54.6 Å². The van der Waals surface area contributed by atoms with Crippen molar-refractivity contribution in [2.45, 2.75) is 6.04 Å². The van der Waals surface area contributed by atoms with Gasteiger partial charge in [0, 0.05) is 0 Å². The zero-order valence-corrected chi connectivity index (χ0v) is 9.24. The molecular formula is C14H13NO2. The lowest BCUT2D eigenvalue weighted by molar-refractivity contribution is -0.109. The van der Waals surface area contributed by atoms with Crippen molar-refractivity contribution in [1.82, 2.24) is 0 Å². The second-order valence-electron chi connectivity index (χ2n) is 3.65. The average molecular weight is 227 g/mol. The van der Waals surface area contributed by atoms with E-state index in [0.29, 0.717) is 6.29 Å². The first kappa shape index (κ1) is 11.4. The highest BCUT2D eigenvalue weighted by molar-refractivity contribution is 5.61. The molecule has 0 fully saturated rings. The molecule has 0 saturated carbocycles. The molecule has 1 atom stereocenters. The Kier molecular flexibility index (Phi) is 3.52. The molecule has 0 bridgehead atoms. The van der Waals surface area contributed by atoms with Gasteiger partial charge in [-0.05, 0) is 29.8 Å². The van der Waals surface area contributed by atoms with Crippen LogP contribution in [0, 0.1) is 0 Å². The molecule has 0 aliphatic rings. The van der Waals surface area contributed by atoms with E-state index in [0.717, 1.165) is 17.1 Å². The third kappa shape index (κ3) is 2.92. The molecule has 3 nitrogen and oxygen atoms in total. The first-order valence-electron chi connectivity index (χ1n) is 5.33. The third-order valence-corrected chi connectivity index (χ3v) is 2.39. The molecule has 2 rings (SSSR count). The van der Waals surface area contributed by atoms with E-state index in [1.54, 1.807) is 24.3 Å². The van der Waals surface area contributed by atoms with Gasteiger partial charge in [0.25, 0.3) is 0 Å². The molecule has 2 aromatic carbocycles. The molecule has 0 saturated heterocycles. The quantitative estimate of drug-likeness (QED) is 0.817. The summed E-state index contributed by atoms with van der Waals surface area (Å²) in [6.45, 7) is 0. The Bertz CT molecular complexity index is 479. The molecule has 0 spiro atoms. The average Bonchev–Trinajstić information content (AvgIpc) is 2.40. The van der Waals surface area contributed by atoms with E-state index in [2.05, 4.69) is 0 Å². The van der Waals surface area contributed by atoms with Gasteiger partial charge >= 0.3 is 0 Å². The van der Waals surface area contributed by atoms with E-state index < -0.39 is 6.04 Å². The second-order valence-corrected chi connectivity index (χ2v) is 3.65. The zero-order valence-electron chi connectivity index (χ0n) is 9.24. The van der Waals surface area contributed by atoms with Gasteiger partial charge in [-0.1, -0.05) is 30.3 Å². The number of rotatable bonds is 4. The smallest absolute Gasteiger partial charge is 0.141 e. The molecule has 0 aliphatic carbocycles. The van der Waals surface area contributed by atoms with Crippen molar-refractivity contribution in [2.75, 3.05) is 0 Å². The number of carbonyl (C=O) groups excluding carboxylic acids is 1. The Morgan fingerprint density at radius 2 is 1.53 bits per heavy atom. The molecule has 0 aromatic heterocycles. The number of carbonyl (C=O) groups is 1. The molecular weight excluding hydrogens is 214 g/mol. The first-order valence-corrected chi connectivity index (χ1v) is 5.33. The number of nitrogens with two attached hydrogens (primary N) is 1. The molecule has 0 heterocycles. The molecule has 0 amide bonds. The molecule has 0 radical (unpaired) electrons. The number of hydrogen-bond donors (Lipinski definition) is 1. The Labute approximate surface area is 99.8 Å². The molecule has 1 unspecified atom stereocenters. The van der Waals surface area contributed by atoms with Crippen LogP contribution in [0.25, 0.3) is 0 Å².